The summed E-state index contributed by atoms with van der Waals surface area (Å²) in [5.41, 5.74) is 2.90. The predicted molar refractivity (Wildman–Crippen MR) is 104 cm³/mol. The molecular weight excluding hydrogens is 356 g/mol. The van der Waals surface area contributed by atoms with Crippen molar-refractivity contribution in [1.29, 1.82) is 5.26 Å². The van der Waals surface area contributed by atoms with Crippen LogP contribution in [0.25, 0.3) is 5.88 Å². The largest absolute Gasteiger partial charge is 0.443 e. The topological polar surface area (TPSA) is 91.3 Å². The fraction of sp³-hybridized carbons (Fsp3) is 0.190. The van der Waals surface area contributed by atoms with Gasteiger partial charge >= 0.3 is 0 Å². The molecule has 1 aromatic carbocycles. The number of fused-ring (bicyclic) bond motifs is 1. The summed E-state index contributed by atoms with van der Waals surface area (Å²) in [6.07, 6.45) is 4.24. The zero-order chi connectivity index (χ0) is 19.8. The average Bonchev–Trinajstić information content (AvgIpc) is 3.38. The van der Waals surface area contributed by atoms with Gasteiger partial charge in [0.15, 0.2) is 0 Å². The van der Waals surface area contributed by atoms with Crippen LogP contribution in [0.15, 0.2) is 47.1 Å². The Morgan fingerprint density at radius 3 is 2.68 bits per heavy atom. The van der Waals surface area contributed by atoms with Gasteiger partial charge in [0, 0.05) is 37.2 Å². The molecule has 0 atom stereocenters. The molecule has 0 spiro atoms. The molecule has 0 saturated heterocycles. The molecule has 2 amide bonds. The van der Waals surface area contributed by atoms with E-state index in [-0.39, 0.29) is 17.0 Å². The van der Waals surface area contributed by atoms with Crippen molar-refractivity contribution < 1.29 is 14.0 Å². The Kier molecular flexibility index (Phi) is 4.24. The summed E-state index contributed by atoms with van der Waals surface area (Å²) in [6, 6.07) is 11.2. The number of aryl methyl sites for hydroxylation is 1. The van der Waals surface area contributed by atoms with Crippen LogP contribution in [0.2, 0.25) is 0 Å². The Morgan fingerprint density at radius 2 is 2.00 bits per heavy atom. The molecule has 1 aliphatic heterocycles. The van der Waals surface area contributed by atoms with Gasteiger partial charge in [0.1, 0.15) is 23.0 Å². The van der Waals surface area contributed by atoms with Crippen molar-refractivity contribution in [3.63, 3.8) is 0 Å². The van der Waals surface area contributed by atoms with E-state index in [2.05, 4.69) is 11.4 Å². The third-order valence-corrected chi connectivity index (χ3v) is 4.86. The van der Waals surface area contributed by atoms with Crippen LogP contribution in [0.5, 0.6) is 0 Å². The number of anilines is 2. The minimum atomic E-state index is -0.405. The van der Waals surface area contributed by atoms with E-state index in [0.29, 0.717) is 23.9 Å². The smallest absolute Gasteiger partial charge is 0.260 e. The molecule has 1 N–H and O–H groups in total. The van der Waals surface area contributed by atoms with Crippen LogP contribution in [0, 0.1) is 18.3 Å². The minimum Gasteiger partial charge on any atom is -0.443 e. The summed E-state index contributed by atoms with van der Waals surface area (Å²) in [5, 5.41) is 12.4. The van der Waals surface area contributed by atoms with E-state index in [4.69, 9.17) is 4.42 Å². The number of amides is 2. The number of nitriles is 1. The van der Waals surface area contributed by atoms with Gasteiger partial charge < -0.3 is 14.6 Å². The van der Waals surface area contributed by atoms with Gasteiger partial charge in [-0.2, -0.15) is 5.26 Å². The number of rotatable bonds is 3. The van der Waals surface area contributed by atoms with Crippen molar-refractivity contribution in [2.75, 3.05) is 16.8 Å². The highest BCUT2D eigenvalue weighted by atomic mass is 16.4. The van der Waals surface area contributed by atoms with Crippen LogP contribution in [-0.2, 0) is 11.2 Å². The van der Waals surface area contributed by atoms with Gasteiger partial charge in [-0.1, -0.05) is 0 Å². The average molecular weight is 374 g/mol. The molecule has 0 aliphatic carbocycles. The Morgan fingerprint density at radius 1 is 1.25 bits per heavy atom. The van der Waals surface area contributed by atoms with Crippen molar-refractivity contribution in [2.45, 2.75) is 20.3 Å². The Bertz CT molecular complexity index is 1120. The summed E-state index contributed by atoms with van der Waals surface area (Å²) < 4.78 is 7.35. The van der Waals surface area contributed by atoms with E-state index in [9.17, 15) is 14.9 Å². The van der Waals surface area contributed by atoms with Crippen LogP contribution >= 0.6 is 0 Å². The summed E-state index contributed by atoms with van der Waals surface area (Å²) >= 11 is 0. The molecule has 0 saturated carbocycles. The van der Waals surface area contributed by atoms with Gasteiger partial charge in [0.05, 0.1) is 0 Å². The summed E-state index contributed by atoms with van der Waals surface area (Å²) in [4.78, 5) is 26.3. The zero-order valence-corrected chi connectivity index (χ0v) is 15.5. The standard InChI is InChI=1S/C21H18N4O3/c1-13-19(17(12-22)21(28-13)24-8-3-4-9-24)20(27)23-16-5-6-18-15(11-16)7-10-25(18)14(2)26/h3-6,8-9,11H,7,10H2,1-2H3,(H,23,27). The highest BCUT2D eigenvalue weighted by Crippen LogP contribution is 2.31. The van der Waals surface area contributed by atoms with E-state index in [1.807, 2.05) is 24.3 Å². The first kappa shape index (κ1) is 17.6. The van der Waals surface area contributed by atoms with Gasteiger partial charge in [-0.15, -0.1) is 0 Å². The number of nitrogens with zero attached hydrogens (tertiary/aromatic N) is 3. The van der Waals surface area contributed by atoms with E-state index in [1.54, 1.807) is 34.9 Å². The molecule has 4 rings (SSSR count). The number of carbonyl (C=O) groups excluding carboxylic acids is 2. The first-order valence-electron chi connectivity index (χ1n) is 8.89. The van der Waals surface area contributed by atoms with Crippen LogP contribution in [0.4, 0.5) is 11.4 Å². The fourth-order valence-electron chi connectivity index (χ4n) is 3.56. The molecule has 3 aromatic rings. The maximum atomic E-state index is 12.9. The van der Waals surface area contributed by atoms with Gasteiger partial charge in [-0.3, -0.25) is 14.2 Å². The molecule has 7 heteroatoms. The minimum absolute atomic E-state index is 0.000704. The van der Waals surface area contributed by atoms with Crippen molar-refractivity contribution >= 4 is 23.2 Å². The Balaban J connectivity index is 1.64. The van der Waals surface area contributed by atoms with Crippen LogP contribution in [0.1, 0.15) is 34.2 Å². The summed E-state index contributed by atoms with van der Waals surface area (Å²) in [6.45, 7) is 3.84. The summed E-state index contributed by atoms with van der Waals surface area (Å²) in [7, 11) is 0. The summed E-state index contributed by atoms with van der Waals surface area (Å²) in [5.74, 6) is 0.293. The molecule has 3 heterocycles. The predicted octanol–water partition coefficient (Wildman–Crippen LogP) is 3.41. The van der Waals surface area contributed by atoms with Gasteiger partial charge in [-0.25, -0.2) is 0 Å². The second kappa shape index (κ2) is 6.74. The van der Waals surface area contributed by atoms with Crippen LogP contribution in [-0.4, -0.2) is 22.9 Å². The normalized spacial score (nSPS) is 12.5. The fourth-order valence-corrected chi connectivity index (χ4v) is 3.56. The highest BCUT2D eigenvalue weighted by Gasteiger charge is 2.26. The lowest BCUT2D eigenvalue weighted by molar-refractivity contribution is -0.116. The number of benzene rings is 1. The molecule has 0 unspecified atom stereocenters. The highest BCUT2D eigenvalue weighted by molar-refractivity contribution is 6.07. The molecule has 0 radical (unpaired) electrons. The molecular formula is C21H18N4O3. The number of carbonyl (C=O) groups is 2. The molecule has 2 aromatic heterocycles. The molecule has 0 bridgehead atoms. The van der Waals surface area contributed by atoms with Crippen LogP contribution in [0.3, 0.4) is 0 Å². The number of hydrogen-bond acceptors (Lipinski definition) is 4. The molecule has 28 heavy (non-hydrogen) atoms. The van der Waals surface area contributed by atoms with Gasteiger partial charge in [0.2, 0.25) is 11.8 Å². The lowest BCUT2D eigenvalue weighted by Crippen LogP contribution is -2.25. The van der Waals surface area contributed by atoms with Crippen molar-refractivity contribution in [2.24, 2.45) is 0 Å². The molecule has 7 nitrogen and oxygen atoms in total. The number of hydrogen-bond donors (Lipinski definition) is 1. The van der Waals surface area contributed by atoms with E-state index >= 15 is 0 Å². The van der Waals surface area contributed by atoms with Crippen molar-refractivity contribution in [1.82, 2.24) is 4.57 Å². The Hall–Kier alpha value is -3.79. The van der Waals surface area contributed by atoms with Crippen LogP contribution < -0.4 is 10.2 Å². The van der Waals surface area contributed by atoms with E-state index < -0.39 is 5.91 Å². The third kappa shape index (κ3) is 2.85. The van der Waals surface area contributed by atoms with Gasteiger partial charge in [-0.05, 0) is 49.2 Å². The van der Waals surface area contributed by atoms with Gasteiger partial charge in [0.25, 0.3) is 5.91 Å². The molecule has 140 valence electrons. The monoisotopic (exact) mass is 374 g/mol. The second-order valence-electron chi connectivity index (χ2n) is 6.63. The van der Waals surface area contributed by atoms with Crippen molar-refractivity contribution in [3.8, 4) is 12.0 Å². The second-order valence-corrected chi connectivity index (χ2v) is 6.63. The zero-order valence-electron chi connectivity index (χ0n) is 15.5. The number of furan rings is 1. The SMILES string of the molecule is CC(=O)N1CCc2cc(NC(=O)c3c(C)oc(-n4cccc4)c3C#N)ccc21. The first-order valence-corrected chi connectivity index (χ1v) is 8.89. The maximum Gasteiger partial charge on any atom is 0.260 e. The van der Waals surface area contributed by atoms with E-state index in [0.717, 1.165) is 17.7 Å². The quantitative estimate of drug-likeness (QED) is 0.760. The Labute approximate surface area is 161 Å². The first-order chi connectivity index (χ1) is 13.5. The van der Waals surface area contributed by atoms with E-state index in [1.165, 1.54) is 6.92 Å². The third-order valence-electron chi connectivity index (χ3n) is 4.86. The molecule has 1 aliphatic rings. The lowest BCUT2D eigenvalue weighted by atomic mass is 10.1. The maximum absolute atomic E-state index is 12.9. The van der Waals surface area contributed by atoms with Crippen molar-refractivity contribution in [3.05, 3.63) is 65.2 Å². The lowest BCUT2D eigenvalue weighted by Gasteiger charge is -2.15. The molecule has 0 fully saturated rings. The number of aromatic nitrogens is 1. The number of nitrogens with one attached hydrogen (secondary N) is 1.